The fourth-order valence-electron chi connectivity index (χ4n) is 5.48. The van der Waals surface area contributed by atoms with Crippen molar-refractivity contribution in [1.29, 1.82) is 0 Å². The molecule has 0 aliphatic heterocycles. The van der Waals surface area contributed by atoms with Gasteiger partial charge < -0.3 is 39.4 Å². The van der Waals surface area contributed by atoms with Crippen LogP contribution >= 0.6 is 22.6 Å². The lowest BCUT2D eigenvalue weighted by molar-refractivity contribution is -0.0389. The molecule has 0 aliphatic carbocycles. The monoisotopic (exact) mass is 768 g/mol. The van der Waals surface area contributed by atoms with Gasteiger partial charge in [-0.1, -0.05) is 12.1 Å². The number of hydrogen-bond donors (Lipinski definition) is 4. The van der Waals surface area contributed by atoms with Crippen LogP contribution in [-0.4, -0.2) is 78.7 Å². The van der Waals surface area contributed by atoms with E-state index in [2.05, 4.69) is 27.9 Å². The molecule has 250 valence electrons. The van der Waals surface area contributed by atoms with E-state index in [0.717, 1.165) is 3.57 Å². The second kappa shape index (κ2) is 14.7. The van der Waals surface area contributed by atoms with Crippen molar-refractivity contribution in [2.45, 2.75) is 12.1 Å². The number of aliphatic hydroxyl groups is 3. The number of furan rings is 1. The number of halogens is 2. The summed E-state index contributed by atoms with van der Waals surface area (Å²) in [7, 11) is 4.50. The number of carbonyl (C=O) groups excluding carboxylic acids is 2. The largest absolute Gasteiger partial charge is 0.497 e. The van der Waals surface area contributed by atoms with Crippen LogP contribution in [0.1, 0.15) is 26.3 Å². The van der Waals surface area contributed by atoms with Gasteiger partial charge in [-0.25, -0.2) is 4.39 Å². The minimum atomic E-state index is -1.71. The molecule has 1 aromatic heterocycles. The summed E-state index contributed by atoms with van der Waals surface area (Å²) in [6, 6.07) is 21.1. The Morgan fingerprint density at radius 3 is 2.25 bits per heavy atom. The molecule has 4 aromatic carbocycles. The lowest BCUT2D eigenvalue weighted by atomic mass is 9.95. The molecule has 0 aliphatic rings. The Kier molecular flexibility index (Phi) is 10.7. The second-order valence-corrected chi connectivity index (χ2v) is 12.2. The number of nitrogens with zero attached hydrogens (tertiary/aromatic N) is 1. The van der Waals surface area contributed by atoms with Crippen LogP contribution in [0.2, 0.25) is 0 Å². The molecule has 4 N–H and O–H groups in total. The van der Waals surface area contributed by atoms with Gasteiger partial charge in [-0.15, -0.1) is 0 Å². The fourth-order valence-corrected chi connectivity index (χ4v) is 6.23. The summed E-state index contributed by atoms with van der Waals surface area (Å²) >= 11 is 2.15. The third-order valence-electron chi connectivity index (χ3n) is 8.28. The molecular weight excluding hydrogens is 734 g/mol. The van der Waals surface area contributed by atoms with Gasteiger partial charge in [0, 0.05) is 38.8 Å². The lowest BCUT2D eigenvalue weighted by Gasteiger charge is -2.40. The first-order valence-corrected chi connectivity index (χ1v) is 15.9. The number of fused-ring (bicyclic) bond motifs is 1. The van der Waals surface area contributed by atoms with E-state index in [9.17, 15) is 29.3 Å². The molecule has 0 saturated heterocycles. The Morgan fingerprint density at radius 1 is 0.917 bits per heavy atom. The smallest absolute Gasteiger partial charge is 0.255 e. The van der Waals surface area contributed by atoms with Gasteiger partial charge >= 0.3 is 0 Å². The Balaban J connectivity index is 1.61. The Morgan fingerprint density at radius 2 is 1.62 bits per heavy atom. The number of methoxy groups -OCH3 is 2. The molecule has 0 bridgehead atoms. The molecule has 0 saturated carbocycles. The number of benzene rings is 4. The summed E-state index contributed by atoms with van der Waals surface area (Å²) in [5.74, 6) is -0.123. The molecule has 0 atom stereocenters. The first-order valence-electron chi connectivity index (χ1n) is 14.8. The van der Waals surface area contributed by atoms with Gasteiger partial charge in [0.2, 0.25) is 0 Å². The molecule has 2 amide bonds. The maximum atomic E-state index is 14.3. The van der Waals surface area contributed by atoms with E-state index in [0.29, 0.717) is 50.5 Å². The summed E-state index contributed by atoms with van der Waals surface area (Å²) in [5, 5.41) is 34.3. The van der Waals surface area contributed by atoms with Crippen molar-refractivity contribution < 1.29 is 43.2 Å². The van der Waals surface area contributed by atoms with Crippen LogP contribution in [0.5, 0.6) is 11.5 Å². The van der Waals surface area contributed by atoms with Gasteiger partial charge in [0.15, 0.2) is 0 Å². The highest BCUT2D eigenvalue weighted by Crippen LogP contribution is 2.39. The number of amides is 2. The maximum Gasteiger partial charge on any atom is 0.255 e. The highest BCUT2D eigenvalue weighted by molar-refractivity contribution is 14.1. The van der Waals surface area contributed by atoms with Gasteiger partial charge in [0.05, 0.1) is 46.1 Å². The van der Waals surface area contributed by atoms with E-state index >= 15 is 0 Å². The third kappa shape index (κ3) is 6.61. The van der Waals surface area contributed by atoms with E-state index in [1.54, 1.807) is 60.7 Å². The van der Waals surface area contributed by atoms with Crippen LogP contribution in [0.4, 0.5) is 4.39 Å². The number of hydrogen-bond acceptors (Lipinski definition) is 8. The van der Waals surface area contributed by atoms with E-state index < -0.39 is 37.1 Å². The number of carbonyl (C=O) groups is 2. The minimum absolute atomic E-state index is 0.113. The van der Waals surface area contributed by atoms with E-state index in [4.69, 9.17) is 13.9 Å². The predicted molar refractivity (Wildman–Crippen MR) is 187 cm³/mol. The quantitative estimate of drug-likeness (QED) is 0.126. The van der Waals surface area contributed by atoms with E-state index in [1.807, 2.05) is 6.07 Å². The van der Waals surface area contributed by atoms with Crippen molar-refractivity contribution in [2.24, 2.45) is 0 Å². The standard InChI is InChI=1S/C36H34FIN2O8/c1-39-34(44)32-28-15-27(29(38)16-31(28)48-33(32)21-7-10-25(37)11-8-21)22-5-4-6-23(13-22)35(45)40(36(18-41,19-42)20-43)17-24-9-12-26(46-2)14-30(24)47-3/h4-16,41-43H,17-20H2,1-3H3,(H,39,44). The summed E-state index contributed by atoms with van der Waals surface area (Å²) in [6.07, 6.45) is 0. The van der Waals surface area contributed by atoms with Crippen LogP contribution in [0.25, 0.3) is 33.4 Å². The first kappa shape index (κ1) is 34.8. The van der Waals surface area contributed by atoms with E-state index in [-0.39, 0.29) is 23.6 Å². The Bertz CT molecular complexity index is 1950. The number of nitrogens with one attached hydrogen (secondary N) is 1. The number of rotatable bonds is 12. The van der Waals surface area contributed by atoms with Crippen LogP contribution in [0.3, 0.4) is 0 Å². The summed E-state index contributed by atoms with van der Waals surface area (Å²) < 4.78 is 31.4. The SMILES string of the molecule is CNC(=O)c1c(-c2ccc(F)cc2)oc2cc(I)c(-c3cccc(C(=O)N(Cc4ccc(OC)cc4OC)C(CO)(CO)CO)c3)cc12. The fraction of sp³-hybridized carbons (Fsp3) is 0.222. The Hall–Kier alpha value is -4.50. The zero-order valence-corrected chi connectivity index (χ0v) is 28.6. The molecule has 12 heteroatoms. The number of ether oxygens (including phenoxy) is 2. The highest BCUT2D eigenvalue weighted by Gasteiger charge is 2.39. The van der Waals surface area contributed by atoms with Crippen molar-refractivity contribution in [3.05, 3.63) is 105 Å². The molecule has 5 aromatic rings. The minimum Gasteiger partial charge on any atom is -0.497 e. The van der Waals surface area contributed by atoms with Crippen molar-refractivity contribution in [1.82, 2.24) is 10.2 Å². The second-order valence-electron chi connectivity index (χ2n) is 11.1. The zero-order chi connectivity index (χ0) is 34.6. The van der Waals surface area contributed by atoms with Crippen LogP contribution < -0.4 is 14.8 Å². The van der Waals surface area contributed by atoms with E-state index in [1.165, 1.54) is 38.3 Å². The first-order chi connectivity index (χ1) is 23.1. The van der Waals surface area contributed by atoms with Gasteiger partial charge in [-0.05, 0) is 94.4 Å². The van der Waals surface area contributed by atoms with Crippen molar-refractivity contribution in [3.8, 4) is 33.9 Å². The maximum absolute atomic E-state index is 14.3. The van der Waals surface area contributed by atoms with Crippen LogP contribution in [0.15, 0.2) is 83.3 Å². The molecule has 0 spiro atoms. The summed E-state index contributed by atoms with van der Waals surface area (Å²) in [6.45, 7) is -2.25. The Labute approximate surface area is 289 Å². The lowest BCUT2D eigenvalue weighted by Crippen LogP contribution is -2.59. The van der Waals surface area contributed by atoms with Gasteiger partial charge in [0.25, 0.3) is 11.8 Å². The average molecular weight is 769 g/mol. The molecule has 0 fully saturated rings. The van der Waals surface area contributed by atoms with Crippen molar-refractivity contribution >= 4 is 45.4 Å². The van der Waals surface area contributed by atoms with Gasteiger partial charge in [-0.3, -0.25) is 9.59 Å². The average Bonchev–Trinajstić information content (AvgIpc) is 3.49. The van der Waals surface area contributed by atoms with Gasteiger partial charge in [-0.2, -0.15) is 0 Å². The third-order valence-corrected chi connectivity index (χ3v) is 9.17. The molecule has 48 heavy (non-hydrogen) atoms. The number of aliphatic hydroxyl groups excluding tert-OH is 3. The van der Waals surface area contributed by atoms with Crippen molar-refractivity contribution in [2.75, 3.05) is 41.1 Å². The predicted octanol–water partition coefficient (Wildman–Crippen LogP) is 5.25. The van der Waals surface area contributed by atoms with Crippen LogP contribution in [0, 0.1) is 9.39 Å². The normalized spacial score (nSPS) is 11.4. The topological polar surface area (TPSA) is 142 Å². The molecule has 5 rings (SSSR count). The van der Waals surface area contributed by atoms with Gasteiger partial charge in [0.1, 0.15) is 34.2 Å². The summed E-state index contributed by atoms with van der Waals surface area (Å²) in [5.41, 5.74) is 1.68. The summed E-state index contributed by atoms with van der Waals surface area (Å²) in [4.78, 5) is 28.6. The molecular formula is C36H34FIN2O8. The zero-order valence-electron chi connectivity index (χ0n) is 26.4. The molecule has 0 radical (unpaired) electrons. The highest BCUT2D eigenvalue weighted by atomic mass is 127. The molecule has 0 unspecified atom stereocenters. The van der Waals surface area contributed by atoms with Crippen molar-refractivity contribution in [3.63, 3.8) is 0 Å². The van der Waals surface area contributed by atoms with Crippen LogP contribution in [-0.2, 0) is 6.54 Å². The molecule has 1 heterocycles. The molecule has 10 nitrogen and oxygen atoms in total.